The van der Waals surface area contributed by atoms with Crippen molar-refractivity contribution in [3.63, 3.8) is 0 Å². The second-order valence-corrected chi connectivity index (χ2v) is 8.33. The second kappa shape index (κ2) is 8.19. The lowest BCUT2D eigenvalue weighted by Crippen LogP contribution is -2.65. The largest absolute Gasteiger partial charge is 0.308 e. The van der Waals surface area contributed by atoms with Crippen LogP contribution in [0.15, 0.2) is 0 Å². The standard InChI is InChI=1S/C17H35N3S/c1-5-17(6-2)14-20(16(13-18-17)15(3)4)8-7-19-9-11-21-12-10-19/h15-16,18H,5-14H2,1-4H3. The minimum atomic E-state index is 0.350. The van der Waals surface area contributed by atoms with Gasteiger partial charge in [-0.1, -0.05) is 27.7 Å². The number of nitrogens with zero attached hydrogens (tertiary/aromatic N) is 2. The lowest BCUT2D eigenvalue weighted by Gasteiger charge is -2.49. The van der Waals surface area contributed by atoms with Gasteiger partial charge in [0.15, 0.2) is 0 Å². The van der Waals surface area contributed by atoms with Crippen molar-refractivity contribution in [2.75, 3.05) is 50.8 Å². The van der Waals surface area contributed by atoms with E-state index in [4.69, 9.17) is 0 Å². The monoisotopic (exact) mass is 313 g/mol. The van der Waals surface area contributed by atoms with Crippen LogP contribution in [0.5, 0.6) is 0 Å². The molecule has 0 aromatic heterocycles. The molecule has 2 aliphatic heterocycles. The molecular formula is C17H35N3S. The van der Waals surface area contributed by atoms with E-state index in [1.807, 2.05) is 0 Å². The average Bonchev–Trinajstić information content (AvgIpc) is 2.53. The normalized spacial score (nSPS) is 28.1. The maximum Gasteiger partial charge on any atom is 0.0304 e. The Morgan fingerprint density at radius 2 is 1.81 bits per heavy atom. The first-order valence-electron chi connectivity index (χ1n) is 8.89. The molecule has 0 bridgehead atoms. The molecule has 0 aromatic rings. The van der Waals surface area contributed by atoms with Crippen LogP contribution >= 0.6 is 11.8 Å². The zero-order valence-electron chi connectivity index (χ0n) is 14.5. The highest BCUT2D eigenvalue weighted by molar-refractivity contribution is 7.99. The van der Waals surface area contributed by atoms with Crippen molar-refractivity contribution in [2.45, 2.75) is 52.1 Å². The predicted molar refractivity (Wildman–Crippen MR) is 95.3 cm³/mol. The van der Waals surface area contributed by atoms with Crippen LogP contribution in [0.2, 0.25) is 0 Å². The molecule has 0 radical (unpaired) electrons. The predicted octanol–water partition coefficient (Wildman–Crippen LogP) is 2.52. The highest BCUT2D eigenvalue weighted by Crippen LogP contribution is 2.25. The van der Waals surface area contributed by atoms with Crippen molar-refractivity contribution in [1.29, 1.82) is 0 Å². The molecule has 0 saturated carbocycles. The molecule has 4 heteroatoms. The van der Waals surface area contributed by atoms with Crippen LogP contribution in [-0.2, 0) is 0 Å². The van der Waals surface area contributed by atoms with Crippen LogP contribution in [-0.4, -0.2) is 72.2 Å². The lowest BCUT2D eigenvalue weighted by molar-refractivity contribution is 0.0432. The SMILES string of the molecule is CCC1(CC)CN(CCN2CCSCC2)C(C(C)C)CN1. The molecule has 0 aromatic carbocycles. The Kier molecular flexibility index (Phi) is 6.85. The third-order valence-electron chi connectivity index (χ3n) is 5.59. The molecule has 124 valence electrons. The Morgan fingerprint density at radius 3 is 2.38 bits per heavy atom. The summed E-state index contributed by atoms with van der Waals surface area (Å²) in [7, 11) is 0. The molecule has 2 fully saturated rings. The van der Waals surface area contributed by atoms with Crippen molar-refractivity contribution >= 4 is 11.8 Å². The van der Waals surface area contributed by atoms with Gasteiger partial charge in [-0.25, -0.2) is 0 Å². The topological polar surface area (TPSA) is 18.5 Å². The van der Waals surface area contributed by atoms with E-state index in [0.717, 1.165) is 12.5 Å². The second-order valence-electron chi connectivity index (χ2n) is 7.10. The summed E-state index contributed by atoms with van der Waals surface area (Å²) in [6.07, 6.45) is 2.48. The summed E-state index contributed by atoms with van der Waals surface area (Å²) in [5, 5.41) is 3.87. The van der Waals surface area contributed by atoms with E-state index < -0.39 is 0 Å². The molecule has 0 spiro atoms. The van der Waals surface area contributed by atoms with E-state index >= 15 is 0 Å². The van der Waals surface area contributed by atoms with Gasteiger partial charge in [0.25, 0.3) is 0 Å². The number of hydrogen-bond acceptors (Lipinski definition) is 4. The molecule has 0 amide bonds. The van der Waals surface area contributed by atoms with Gasteiger partial charge < -0.3 is 10.2 Å². The van der Waals surface area contributed by atoms with Crippen molar-refractivity contribution in [2.24, 2.45) is 5.92 Å². The van der Waals surface area contributed by atoms with Crippen molar-refractivity contribution in [1.82, 2.24) is 15.1 Å². The molecular weight excluding hydrogens is 278 g/mol. The van der Waals surface area contributed by atoms with Gasteiger partial charge in [0.1, 0.15) is 0 Å². The van der Waals surface area contributed by atoms with Crippen LogP contribution in [0.1, 0.15) is 40.5 Å². The molecule has 3 nitrogen and oxygen atoms in total. The van der Waals surface area contributed by atoms with E-state index in [1.165, 1.54) is 57.1 Å². The zero-order valence-corrected chi connectivity index (χ0v) is 15.3. The van der Waals surface area contributed by atoms with E-state index in [2.05, 4.69) is 54.6 Å². The Labute approximate surface area is 136 Å². The van der Waals surface area contributed by atoms with Gasteiger partial charge in [-0.15, -0.1) is 0 Å². The molecule has 0 aliphatic carbocycles. The third-order valence-corrected chi connectivity index (χ3v) is 6.53. The van der Waals surface area contributed by atoms with Crippen LogP contribution in [0.25, 0.3) is 0 Å². The smallest absolute Gasteiger partial charge is 0.0304 e. The Bertz CT molecular complexity index is 298. The van der Waals surface area contributed by atoms with Gasteiger partial charge >= 0.3 is 0 Å². The summed E-state index contributed by atoms with van der Waals surface area (Å²) in [5.41, 5.74) is 0.350. The van der Waals surface area contributed by atoms with Gasteiger partial charge in [-0.2, -0.15) is 11.8 Å². The summed E-state index contributed by atoms with van der Waals surface area (Å²) < 4.78 is 0. The first kappa shape index (κ1) is 17.6. The molecule has 1 N–H and O–H groups in total. The Morgan fingerprint density at radius 1 is 1.14 bits per heavy atom. The lowest BCUT2D eigenvalue weighted by atomic mass is 9.86. The summed E-state index contributed by atoms with van der Waals surface area (Å²) in [5.74, 6) is 3.38. The summed E-state index contributed by atoms with van der Waals surface area (Å²) in [4.78, 5) is 5.45. The number of hydrogen-bond donors (Lipinski definition) is 1. The fraction of sp³-hybridized carbons (Fsp3) is 1.00. The first-order valence-corrected chi connectivity index (χ1v) is 10.0. The van der Waals surface area contributed by atoms with Crippen LogP contribution in [0.3, 0.4) is 0 Å². The molecule has 2 aliphatic rings. The maximum atomic E-state index is 3.87. The van der Waals surface area contributed by atoms with Gasteiger partial charge in [0.2, 0.25) is 0 Å². The van der Waals surface area contributed by atoms with E-state index in [-0.39, 0.29) is 0 Å². The maximum absolute atomic E-state index is 3.87. The van der Waals surface area contributed by atoms with Gasteiger partial charge in [-0.05, 0) is 18.8 Å². The number of rotatable bonds is 6. The number of thioether (sulfide) groups is 1. The molecule has 21 heavy (non-hydrogen) atoms. The summed E-state index contributed by atoms with van der Waals surface area (Å²) in [6.45, 7) is 16.9. The highest BCUT2D eigenvalue weighted by atomic mass is 32.2. The van der Waals surface area contributed by atoms with Crippen molar-refractivity contribution in [3.8, 4) is 0 Å². The fourth-order valence-corrected chi connectivity index (χ4v) is 4.71. The number of piperazine rings is 1. The average molecular weight is 314 g/mol. The minimum absolute atomic E-state index is 0.350. The first-order chi connectivity index (χ1) is 10.1. The third kappa shape index (κ3) is 4.60. The van der Waals surface area contributed by atoms with E-state index in [1.54, 1.807) is 0 Å². The molecule has 2 saturated heterocycles. The molecule has 2 heterocycles. The van der Waals surface area contributed by atoms with Gasteiger partial charge in [0.05, 0.1) is 0 Å². The van der Waals surface area contributed by atoms with E-state index in [0.29, 0.717) is 11.6 Å². The molecule has 1 unspecified atom stereocenters. The molecule has 2 rings (SSSR count). The zero-order chi connectivity index (χ0) is 15.3. The molecule has 1 atom stereocenters. The van der Waals surface area contributed by atoms with Crippen molar-refractivity contribution < 1.29 is 0 Å². The van der Waals surface area contributed by atoms with Crippen LogP contribution in [0, 0.1) is 5.92 Å². The highest BCUT2D eigenvalue weighted by Gasteiger charge is 2.37. The van der Waals surface area contributed by atoms with Crippen LogP contribution < -0.4 is 5.32 Å². The van der Waals surface area contributed by atoms with E-state index in [9.17, 15) is 0 Å². The Balaban J connectivity index is 1.93. The number of nitrogens with one attached hydrogen (secondary N) is 1. The van der Waals surface area contributed by atoms with Gasteiger partial charge in [0, 0.05) is 62.4 Å². The fourth-order valence-electron chi connectivity index (χ4n) is 3.73. The van der Waals surface area contributed by atoms with Crippen LogP contribution in [0.4, 0.5) is 0 Å². The summed E-state index contributed by atoms with van der Waals surface area (Å²) in [6, 6.07) is 0.704. The Hall–Kier alpha value is 0.230. The van der Waals surface area contributed by atoms with Crippen molar-refractivity contribution in [3.05, 3.63) is 0 Å². The van der Waals surface area contributed by atoms with Gasteiger partial charge in [-0.3, -0.25) is 4.90 Å². The summed E-state index contributed by atoms with van der Waals surface area (Å²) >= 11 is 2.11. The minimum Gasteiger partial charge on any atom is -0.308 e. The quantitative estimate of drug-likeness (QED) is 0.812.